The minimum Gasteiger partial charge on any atom is -0.497 e. The molecule has 0 spiro atoms. The second kappa shape index (κ2) is 12.3. The summed E-state index contributed by atoms with van der Waals surface area (Å²) in [6.45, 7) is 0.127. The van der Waals surface area contributed by atoms with Crippen molar-refractivity contribution >= 4 is 28.2 Å². The van der Waals surface area contributed by atoms with Crippen LogP contribution in [0.25, 0.3) is 0 Å². The van der Waals surface area contributed by atoms with Crippen LogP contribution in [0.15, 0.2) is 53.7 Å². The Hall–Kier alpha value is -2.20. The normalized spacial score (nSPS) is 17.0. The molecule has 1 atom stereocenters. The first kappa shape index (κ1) is 27.0. The quantitative estimate of drug-likeness (QED) is 0.376. The SMILES string of the molecule is COc1ccc(S(=O)(=O)[C@@](NCc2ccncc2)(C(=O)NO)C2CCCCCCC2)cc1.Cl. The van der Waals surface area contributed by atoms with Crippen molar-refractivity contribution < 1.29 is 23.2 Å². The summed E-state index contributed by atoms with van der Waals surface area (Å²) in [7, 11) is -2.75. The molecule has 0 unspecified atom stereocenters. The highest BCUT2D eigenvalue weighted by Gasteiger charge is 2.56. The lowest BCUT2D eigenvalue weighted by Gasteiger charge is -2.40. The number of ether oxygens (including phenoxy) is 1. The van der Waals surface area contributed by atoms with E-state index in [0.29, 0.717) is 18.6 Å². The number of amides is 1. The maximum atomic E-state index is 14.1. The van der Waals surface area contributed by atoms with Crippen LogP contribution in [0.2, 0.25) is 0 Å². The fraction of sp³-hybridized carbons (Fsp3) is 0.478. The molecule has 1 aliphatic rings. The van der Waals surface area contributed by atoms with Gasteiger partial charge in [0.25, 0.3) is 5.91 Å². The summed E-state index contributed by atoms with van der Waals surface area (Å²) in [6, 6.07) is 9.49. The first-order chi connectivity index (χ1) is 15.5. The second-order valence-electron chi connectivity index (χ2n) is 8.11. The molecule has 1 fully saturated rings. The number of hydrogen-bond acceptors (Lipinski definition) is 7. The molecule has 33 heavy (non-hydrogen) atoms. The number of carbonyl (C=O) groups excluding carboxylic acids is 1. The molecule has 1 saturated carbocycles. The van der Waals surface area contributed by atoms with Gasteiger partial charge in [0, 0.05) is 24.9 Å². The highest BCUT2D eigenvalue weighted by Crippen LogP contribution is 2.39. The summed E-state index contributed by atoms with van der Waals surface area (Å²) in [6.07, 6.45) is 9.05. The molecule has 0 bridgehead atoms. The molecule has 3 rings (SSSR count). The molecule has 3 N–H and O–H groups in total. The molecule has 1 aliphatic carbocycles. The van der Waals surface area contributed by atoms with Gasteiger partial charge in [-0.15, -0.1) is 12.4 Å². The smallest absolute Gasteiger partial charge is 0.280 e. The third-order valence-corrected chi connectivity index (χ3v) is 8.62. The van der Waals surface area contributed by atoms with Crippen LogP contribution >= 0.6 is 12.4 Å². The van der Waals surface area contributed by atoms with E-state index in [1.807, 2.05) is 0 Å². The Kier molecular flexibility index (Phi) is 10.1. The van der Waals surface area contributed by atoms with Crippen molar-refractivity contribution in [1.29, 1.82) is 0 Å². The number of sulfone groups is 1. The van der Waals surface area contributed by atoms with E-state index in [-0.39, 0.29) is 23.8 Å². The van der Waals surface area contributed by atoms with Crippen LogP contribution < -0.4 is 15.5 Å². The number of nitrogens with one attached hydrogen (secondary N) is 2. The third-order valence-electron chi connectivity index (χ3n) is 6.22. The van der Waals surface area contributed by atoms with Gasteiger partial charge in [-0.2, -0.15) is 0 Å². The fourth-order valence-corrected chi connectivity index (χ4v) is 6.56. The summed E-state index contributed by atoms with van der Waals surface area (Å²) < 4.78 is 33.3. The van der Waals surface area contributed by atoms with Gasteiger partial charge in [-0.1, -0.05) is 32.1 Å². The molecular formula is C23H32ClN3O5S. The Morgan fingerprint density at radius 3 is 2.18 bits per heavy atom. The van der Waals surface area contributed by atoms with Gasteiger partial charge >= 0.3 is 0 Å². The largest absolute Gasteiger partial charge is 0.497 e. The first-order valence-electron chi connectivity index (χ1n) is 10.9. The monoisotopic (exact) mass is 497 g/mol. The van der Waals surface area contributed by atoms with E-state index in [4.69, 9.17) is 4.74 Å². The maximum absolute atomic E-state index is 14.1. The number of hydrogen-bond donors (Lipinski definition) is 3. The van der Waals surface area contributed by atoms with Gasteiger partial charge in [0.05, 0.1) is 12.0 Å². The first-order valence-corrected chi connectivity index (χ1v) is 12.4. The highest BCUT2D eigenvalue weighted by molar-refractivity contribution is 7.93. The van der Waals surface area contributed by atoms with Crippen LogP contribution in [0.4, 0.5) is 0 Å². The van der Waals surface area contributed by atoms with E-state index in [1.165, 1.54) is 19.2 Å². The van der Waals surface area contributed by atoms with Crippen LogP contribution in [0.5, 0.6) is 5.75 Å². The standard InChI is InChI=1S/C23H31N3O5S.ClH/c1-31-20-9-11-21(12-10-20)32(29,30)23(22(27)26-28,19-7-5-3-2-4-6-8-19)25-17-18-13-15-24-16-14-18;/h9-16,19,25,28H,2-8,17H2,1H3,(H,26,27);1H/t23-;/m1./s1. The molecule has 1 amide bonds. The number of carbonyl (C=O) groups is 1. The fourth-order valence-electron chi connectivity index (χ4n) is 4.47. The Labute approximate surface area is 201 Å². The second-order valence-corrected chi connectivity index (χ2v) is 10.2. The molecule has 0 radical (unpaired) electrons. The zero-order valence-electron chi connectivity index (χ0n) is 18.7. The van der Waals surface area contributed by atoms with Gasteiger partial charge in [0.15, 0.2) is 0 Å². The predicted molar refractivity (Wildman–Crippen MR) is 127 cm³/mol. The number of pyridine rings is 1. The molecule has 2 aromatic rings. The Morgan fingerprint density at radius 1 is 1.06 bits per heavy atom. The van der Waals surface area contributed by atoms with Crippen molar-refractivity contribution in [3.63, 3.8) is 0 Å². The zero-order valence-corrected chi connectivity index (χ0v) is 20.3. The minimum atomic E-state index is -4.25. The lowest BCUT2D eigenvalue weighted by molar-refractivity contribution is -0.135. The lowest BCUT2D eigenvalue weighted by atomic mass is 9.84. The number of halogens is 1. The molecule has 1 aromatic heterocycles. The molecule has 10 heteroatoms. The molecule has 1 heterocycles. The Bertz CT molecular complexity index is 981. The highest BCUT2D eigenvalue weighted by atomic mass is 35.5. The summed E-state index contributed by atoms with van der Waals surface area (Å²) >= 11 is 0. The van der Waals surface area contributed by atoms with Crippen LogP contribution in [-0.2, 0) is 21.2 Å². The van der Waals surface area contributed by atoms with Crippen LogP contribution in [0, 0.1) is 5.92 Å². The van der Waals surface area contributed by atoms with Crippen LogP contribution in [0.3, 0.4) is 0 Å². The molecule has 182 valence electrons. The van der Waals surface area contributed by atoms with Crippen molar-refractivity contribution in [2.75, 3.05) is 7.11 Å². The predicted octanol–water partition coefficient (Wildman–Crippen LogP) is 3.64. The van der Waals surface area contributed by atoms with Gasteiger partial charge in [-0.05, 0) is 54.8 Å². The lowest BCUT2D eigenvalue weighted by Crippen LogP contribution is -2.65. The summed E-state index contributed by atoms with van der Waals surface area (Å²) in [5, 5.41) is 12.7. The average Bonchev–Trinajstić information content (AvgIpc) is 2.80. The van der Waals surface area contributed by atoms with Gasteiger partial charge in [-0.25, -0.2) is 13.9 Å². The molecular weight excluding hydrogens is 466 g/mol. The van der Waals surface area contributed by atoms with Crippen molar-refractivity contribution in [2.45, 2.75) is 61.3 Å². The zero-order chi connectivity index (χ0) is 23.0. The summed E-state index contributed by atoms with van der Waals surface area (Å²) in [4.78, 5) is 15.2. The number of benzene rings is 1. The topological polar surface area (TPSA) is 118 Å². The van der Waals surface area contributed by atoms with Crippen molar-refractivity contribution in [3.05, 3.63) is 54.4 Å². The number of nitrogens with zero attached hydrogens (tertiary/aromatic N) is 1. The average molecular weight is 498 g/mol. The summed E-state index contributed by atoms with van der Waals surface area (Å²) in [5.74, 6) is -0.964. The van der Waals surface area contributed by atoms with E-state index < -0.39 is 26.5 Å². The van der Waals surface area contributed by atoms with Gasteiger partial charge < -0.3 is 4.74 Å². The number of hydroxylamine groups is 1. The van der Waals surface area contributed by atoms with Crippen LogP contribution in [-0.4, -0.2) is 36.5 Å². The third kappa shape index (κ3) is 5.84. The van der Waals surface area contributed by atoms with Gasteiger partial charge in [-0.3, -0.25) is 20.3 Å². The Morgan fingerprint density at radius 2 is 1.64 bits per heavy atom. The number of methoxy groups -OCH3 is 1. The van der Waals surface area contributed by atoms with E-state index >= 15 is 0 Å². The van der Waals surface area contributed by atoms with Gasteiger partial charge in [0.1, 0.15) is 5.75 Å². The minimum absolute atomic E-state index is 0. The van der Waals surface area contributed by atoms with E-state index in [9.17, 15) is 18.4 Å². The van der Waals surface area contributed by atoms with Crippen molar-refractivity contribution in [3.8, 4) is 5.75 Å². The Balaban J connectivity index is 0.00000385. The maximum Gasteiger partial charge on any atom is 0.280 e. The van der Waals surface area contributed by atoms with Crippen molar-refractivity contribution in [1.82, 2.24) is 15.8 Å². The molecule has 1 aromatic carbocycles. The van der Waals surface area contributed by atoms with Crippen molar-refractivity contribution in [2.24, 2.45) is 5.92 Å². The van der Waals surface area contributed by atoms with E-state index in [0.717, 1.165) is 37.7 Å². The summed E-state index contributed by atoms with van der Waals surface area (Å²) in [5.41, 5.74) is 2.44. The van der Waals surface area contributed by atoms with E-state index in [1.54, 1.807) is 42.1 Å². The molecule has 0 saturated heterocycles. The van der Waals surface area contributed by atoms with Gasteiger partial charge in [0.2, 0.25) is 14.7 Å². The number of rotatable bonds is 8. The molecule has 0 aliphatic heterocycles. The number of aromatic nitrogens is 1. The van der Waals surface area contributed by atoms with Crippen LogP contribution in [0.1, 0.15) is 50.5 Å². The molecule has 8 nitrogen and oxygen atoms in total. The van der Waals surface area contributed by atoms with E-state index in [2.05, 4.69) is 10.3 Å².